The molecule has 0 spiro atoms. The van der Waals surface area contributed by atoms with Crippen LogP contribution in [0.4, 0.5) is 4.79 Å². The van der Waals surface area contributed by atoms with Crippen molar-refractivity contribution < 1.29 is 19.1 Å². The van der Waals surface area contributed by atoms with Crippen LogP contribution in [0.15, 0.2) is 11.1 Å². The molecule has 5 heteroatoms. The minimum atomic E-state index is -0.530. The van der Waals surface area contributed by atoms with Gasteiger partial charge in [-0.2, -0.15) is 0 Å². The topological polar surface area (TPSA) is 55.8 Å². The van der Waals surface area contributed by atoms with E-state index < -0.39 is 11.7 Å². The zero-order chi connectivity index (χ0) is 13.9. The minimum Gasteiger partial charge on any atom is -0.466 e. The van der Waals surface area contributed by atoms with E-state index in [0.29, 0.717) is 12.1 Å². The van der Waals surface area contributed by atoms with E-state index in [1.54, 1.807) is 0 Å². The van der Waals surface area contributed by atoms with Gasteiger partial charge in [-0.05, 0) is 32.8 Å². The first-order chi connectivity index (χ1) is 8.28. The lowest BCUT2D eigenvalue weighted by Crippen LogP contribution is -2.36. The standard InChI is InChI=1S/C13H21NO4/c1-6-9-7-14(8-10(9)11(15)17-5)12(16)18-13(2,3)4/h6-8H2,1-5H3. The van der Waals surface area contributed by atoms with Crippen LogP contribution in [0.3, 0.4) is 0 Å². The smallest absolute Gasteiger partial charge is 0.410 e. The van der Waals surface area contributed by atoms with E-state index in [1.165, 1.54) is 12.0 Å². The molecule has 0 bridgehead atoms. The van der Waals surface area contributed by atoms with Crippen LogP contribution in [-0.2, 0) is 14.3 Å². The first-order valence-electron chi connectivity index (χ1n) is 6.05. The lowest BCUT2D eigenvalue weighted by Gasteiger charge is -2.24. The monoisotopic (exact) mass is 255 g/mol. The molecular formula is C13H21NO4. The van der Waals surface area contributed by atoms with Crippen molar-refractivity contribution in [3.63, 3.8) is 0 Å². The molecule has 18 heavy (non-hydrogen) atoms. The number of rotatable bonds is 2. The van der Waals surface area contributed by atoms with Crippen LogP contribution in [0.1, 0.15) is 34.1 Å². The second-order valence-electron chi connectivity index (χ2n) is 5.26. The molecule has 5 nitrogen and oxygen atoms in total. The zero-order valence-electron chi connectivity index (χ0n) is 11.7. The lowest BCUT2D eigenvalue weighted by atomic mass is 10.1. The summed E-state index contributed by atoms with van der Waals surface area (Å²) in [4.78, 5) is 25.0. The molecule has 1 rings (SSSR count). The Kier molecular flexibility index (Phi) is 4.38. The molecule has 1 aliphatic rings. The zero-order valence-corrected chi connectivity index (χ0v) is 11.7. The summed E-state index contributed by atoms with van der Waals surface area (Å²) < 4.78 is 10.0. The van der Waals surface area contributed by atoms with Gasteiger partial charge in [-0.1, -0.05) is 6.92 Å². The number of carbonyl (C=O) groups excluding carboxylic acids is 2. The maximum absolute atomic E-state index is 11.9. The van der Waals surface area contributed by atoms with Crippen molar-refractivity contribution in [3.05, 3.63) is 11.1 Å². The molecule has 0 aliphatic carbocycles. The molecule has 0 fully saturated rings. The van der Waals surface area contributed by atoms with Crippen molar-refractivity contribution in [2.45, 2.75) is 39.7 Å². The van der Waals surface area contributed by atoms with E-state index in [0.717, 1.165) is 12.0 Å². The normalized spacial score (nSPS) is 15.9. The Bertz CT molecular complexity index is 379. The molecule has 0 aromatic rings. The molecule has 0 saturated heterocycles. The number of carbonyl (C=O) groups is 2. The molecule has 0 N–H and O–H groups in total. The third-order valence-corrected chi connectivity index (χ3v) is 2.67. The van der Waals surface area contributed by atoms with Crippen molar-refractivity contribution in [1.29, 1.82) is 0 Å². The number of nitrogens with zero attached hydrogens (tertiary/aromatic N) is 1. The summed E-state index contributed by atoms with van der Waals surface area (Å²) in [6, 6.07) is 0. The molecule has 0 saturated carbocycles. The van der Waals surface area contributed by atoms with Crippen molar-refractivity contribution in [2.75, 3.05) is 20.2 Å². The highest BCUT2D eigenvalue weighted by molar-refractivity contribution is 5.91. The summed E-state index contributed by atoms with van der Waals surface area (Å²) in [7, 11) is 1.35. The van der Waals surface area contributed by atoms with Crippen molar-refractivity contribution in [2.24, 2.45) is 0 Å². The average Bonchev–Trinajstić information content (AvgIpc) is 2.69. The van der Waals surface area contributed by atoms with E-state index in [1.807, 2.05) is 27.7 Å². The molecule has 0 radical (unpaired) electrons. The largest absolute Gasteiger partial charge is 0.466 e. The quantitative estimate of drug-likeness (QED) is 0.709. The molecule has 102 valence electrons. The van der Waals surface area contributed by atoms with Crippen molar-refractivity contribution >= 4 is 12.1 Å². The molecule has 0 aromatic heterocycles. The number of amides is 1. The molecule has 0 unspecified atom stereocenters. The molecule has 0 atom stereocenters. The summed E-state index contributed by atoms with van der Waals surface area (Å²) in [6.07, 6.45) is 0.330. The first kappa shape index (κ1) is 14.5. The van der Waals surface area contributed by atoms with Crippen LogP contribution in [0.2, 0.25) is 0 Å². The van der Waals surface area contributed by atoms with Crippen molar-refractivity contribution in [1.82, 2.24) is 4.90 Å². The molecular weight excluding hydrogens is 234 g/mol. The maximum Gasteiger partial charge on any atom is 0.410 e. The summed E-state index contributed by atoms with van der Waals surface area (Å²) >= 11 is 0. The van der Waals surface area contributed by atoms with Gasteiger partial charge in [0.05, 0.1) is 19.2 Å². The Morgan fingerprint density at radius 2 is 1.89 bits per heavy atom. The summed E-state index contributed by atoms with van der Waals surface area (Å²) in [5, 5.41) is 0. The van der Waals surface area contributed by atoms with Crippen molar-refractivity contribution in [3.8, 4) is 0 Å². The van der Waals surface area contributed by atoms with Crippen LogP contribution >= 0.6 is 0 Å². The van der Waals surface area contributed by atoms with Gasteiger partial charge in [0.15, 0.2) is 0 Å². The average molecular weight is 255 g/mol. The van der Waals surface area contributed by atoms with Gasteiger partial charge in [0.2, 0.25) is 0 Å². The summed E-state index contributed by atoms with van der Waals surface area (Å²) in [5.41, 5.74) is 0.982. The van der Waals surface area contributed by atoms with Gasteiger partial charge in [0, 0.05) is 6.54 Å². The van der Waals surface area contributed by atoms with Crippen LogP contribution in [0.25, 0.3) is 0 Å². The first-order valence-corrected chi connectivity index (χ1v) is 6.05. The fraction of sp³-hybridized carbons (Fsp3) is 0.692. The van der Waals surface area contributed by atoms with Crippen LogP contribution in [-0.4, -0.2) is 42.8 Å². The van der Waals surface area contributed by atoms with E-state index in [9.17, 15) is 9.59 Å². The van der Waals surface area contributed by atoms with Gasteiger partial charge in [0.1, 0.15) is 5.60 Å². The van der Waals surface area contributed by atoms with Gasteiger partial charge in [0.25, 0.3) is 0 Å². The number of ether oxygens (including phenoxy) is 2. The van der Waals surface area contributed by atoms with Crippen LogP contribution < -0.4 is 0 Å². The third-order valence-electron chi connectivity index (χ3n) is 2.67. The molecule has 1 amide bonds. The van der Waals surface area contributed by atoms with E-state index in [2.05, 4.69) is 0 Å². The second kappa shape index (κ2) is 5.42. The lowest BCUT2D eigenvalue weighted by molar-refractivity contribution is -0.136. The highest BCUT2D eigenvalue weighted by atomic mass is 16.6. The van der Waals surface area contributed by atoms with Gasteiger partial charge in [-0.25, -0.2) is 9.59 Å². The Labute approximate surface area is 108 Å². The van der Waals surface area contributed by atoms with Gasteiger partial charge in [-0.3, -0.25) is 4.90 Å². The predicted octanol–water partition coefficient (Wildman–Crippen LogP) is 2.12. The third kappa shape index (κ3) is 3.48. The van der Waals surface area contributed by atoms with Gasteiger partial charge < -0.3 is 9.47 Å². The SMILES string of the molecule is CCC1=C(C(=O)OC)CN(C(=O)OC(C)(C)C)C1. The number of methoxy groups -OCH3 is 1. The highest BCUT2D eigenvalue weighted by Gasteiger charge is 2.31. The minimum absolute atomic E-state index is 0.269. The van der Waals surface area contributed by atoms with E-state index in [4.69, 9.17) is 9.47 Å². The maximum atomic E-state index is 11.9. The molecule has 1 heterocycles. The van der Waals surface area contributed by atoms with Crippen LogP contribution in [0, 0.1) is 0 Å². The number of hydrogen-bond acceptors (Lipinski definition) is 4. The van der Waals surface area contributed by atoms with E-state index >= 15 is 0 Å². The highest BCUT2D eigenvalue weighted by Crippen LogP contribution is 2.23. The predicted molar refractivity (Wildman–Crippen MR) is 67.1 cm³/mol. The van der Waals surface area contributed by atoms with Gasteiger partial charge in [-0.15, -0.1) is 0 Å². The van der Waals surface area contributed by atoms with E-state index in [-0.39, 0.29) is 12.5 Å². The van der Waals surface area contributed by atoms with Gasteiger partial charge >= 0.3 is 12.1 Å². The fourth-order valence-electron chi connectivity index (χ4n) is 1.80. The summed E-state index contributed by atoms with van der Waals surface area (Å²) in [5.74, 6) is -0.363. The molecule has 0 aromatic carbocycles. The summed E-state index contributed by atoms with van der Waals surface area (Å²) in [6.45, 7) is 8.11. The Balaban J connectivity index is 2.72. The Morgan fingerprint density at radius 1 is 1.28 bits per heavy atom. The fourth-order valence-corrected chi connectivity index (χ4v) is 1.80. The number of esters is 1. The Hall–Kier alpha value is -1.52. The number of hydrogen-bond donors (Lipinski definition) is 0. The second-order valence-corrected chi connectivity index (χ2v) is 5.26. The molecule has 1 aliphatic heterocycles. The Morgan fingerprint density at radius 3 is 2.33 bits per heavy atom. The van der Waals surface area contributed by atoms with Crippen LogP contribution in [0.5, 0.6) is 0 Å².